The molecule has 0 unspecified atom stereocenters. The molecule has 128 valence electrons. The molecule has 5 nitrogen and oxygen atoms in total. The minimum atomic E-state index is -0.651. The number of ether oxygens (including phenoxy) is 3. The molecule has 0 saturated heterocycles. The van der Waals surface area contributed by atoms with Crippen LogP contribution in [0.2, 0.25) is 0 Å². The van der Waals surface area contributed by atoms with Crippen LogP contribution in [0.5, 0.6) is 17.2 Å². The van der Waals surface area contributed by atoms with Gasteiger partial charge in [-0.3, -0.25) is 4.79 Å². The molecule has 0 radical (unpaired) electrons. The predicted octanol–water partition coefficient (Wildman–Crippen LogP) is 3.73. The standard InChI is InChI=1S/C19H23NO4/c1-12-8-13(2)10-16(9-12)24-14(3)19(21)20-17-11-15(22-4)6-7-18(17)23-5/h6-11,14H,1-5H3,(H,20,21)/t14-/m1/s1. The Morgan fingerprint density at radius 3 is 2.21 bits per heavy atom. The Kier molecular flexibility index (Phi) is 5.68. The molecule has 2 rings (SSSR count). The molecule has 0 aromatic heterocycles. The third-order valence-corrected chi connectivity index (χ3v) is 3.54. The molecule has 0 bridgehead atoms. The van der Waals surface area contributed by atoms with E-state index in [9.17, 15) is 4.79 Å². The Hall–Kier alpha value is -2.69. The zero-order valence-corrected chi connectivity index (χ0v) is 14.7. The quantitative estimate of drug-likeness (QED) is 0.877. The number of hydrogen-bond acceptors (Lipinski definition) is 4. The van der Waals surface area contributed by atoms with Gasteiger partial charge in [0, 0.05) is 6.07 Å². The second-order valence-corrected chi connectivity index (χ2v) is 5.64. The second-order valence-electron chi connectivity index (χ2n) is 5.64. The summed E-state index contributed by atoms with van der Waals surface area (Å²) in [5, 5.41) is 2.82. The van der Waals surface area contributed by atoms with E-state index in [0.717, 1.165) is 11.1 Å². The van der Waals surface area contributed by atoms with Crippen molar-refractivity contribution in [2.24, 2.45) is 0 Å². The molecule has 2 aromatic rings. The Balaban J connectivity index is 2.11. The molecule has 0 saturated carbocycles. The first kappa shape index (κ1) is 17.7. The molecule has 1 amide bonds. The molecule has 0 aliphatic rings. The number of benzene rings is 2. The van der Waals surface area contributed by atoms with Crippen LogP contribution in [0.25, 0.3) is 0 Å². The summed E-state index contributed by atoms with van der Waals surface area (Å²) in [7, 11) is 3.12. The molecular formula is C19H23NO4. The van der Waals surface area contributed by atoms with Gasteiger partial charge in [0.1, 0.15) is 17.2 Å². The first-order valence-electron chi connectivity index (χ1n) is 7.70. The van der Waals surface area contributed by atoms with E-state index in [2.05, 4.69) is 11.4 Å². The van der Waals surface area contributed by atoms with Crippen LogP contribution in [0, 0.1) is 13.8 Å². The zero-order chi connectivity index (χ0) is 17.7. The van der Waals surface area contributed by atoms with E-state index in [1.165, 1.54) is 0 Å². The normalized spacial score (nSPS) is 11.5. The van der Waals surface area contributed by atoms with Gasteiger partial charge in [0.25, 0.3) is 5.91 Å². The van der Waals surface area contributed by atoms with Crippen molar-refractivity contribution >= 4 is 11.6 Å². The number of methoxy groups -OCH3 is 2. The van der Waals surface area contributed by atoms with E-state index >= 15 is 0 Å². The third-order valence-electron chi connectivity index (χ3n) is 3.54. The highest BCUT2D eigenvalue weighted by Gasteiger charge is 2.17. The van der Waals surface area contributed by atoms with Gasteiger partial charge in [-0.25, -0.2) is 0 Å². The minimum absolute atomic E-state index is 0.263. The van der Waals surface area contributed by atoms with E-state index in [0.29, 0.717) is 22.9 Å². The van der Waals surface area contributed by atoms with Crippen molar-refractivity contribution in [3.8, 4) is 17.2 Å². The van der Waals surface area contributed by atoms with Gasteiger partial charge in [-0.1, -0.05) is 6.07 Å². The fourth-order valence-electron chi connectivity index (χ4n) is 2.40. The number of carbonyl (C=O) groups excluding carboxylic acids is 1. The summed E-state index contributed by atoms with van der Waals surface area (Å²) in [6.45, 7) is 5.69. The van der Waals surface area contributed by atoms with Crippen LogP contribution in [-0.2, 0) is 4.79 Å². The molecular weight excluding hydrogens is 306 g/mol. The summed E-state index contributed by atoms with van der Waals surface area (Å²) in [4.78, 5) is 12.4. The van der Waals surface area contributed by atoms with Crippen molar-refractivity contribution in [2.75, 3.05) is 19.5 Å². The maximum atomic E-state index is 12.4. The topological polar surface area (TPSA) is 56.8 Å². The van der Waals surface area contributed by atoms with Crippen molar-refractivity contribution in [1.29, 1.82) is 0 Å². The monoisotopic (exact) mass is 329 g/mol. The molecule has 1 atom stereocenters. The van der Waals surface area contributed by atoms with Crippen molar-refractivity contribution < 1.29 is 19.0 Å². The van der Waals surface area contributed by atoms with Crippen LogP contribution in [-0.4, -0.2) is 26.2 Å². The van der Waals surface area contributed by atoms with Gasteiger partial charge < -0.3 is 19.5 Å². The number of hydrogen-bond donors (Lipinski definition) is 1. The van der Waals surface area contributed by atoms with Crippen molar-refractivity contribution in [3.05, 3.63) is 47.5 Å². The van der Waals surface area contributed by atoms with Crippen LogP contribution in [0.1, 0.15) is 18.1 Å². The van der Waals surface area contributed by atoms with Crippen LogP contribution in [0.4, 0.5) is 5.69 Å². The van der Waals surface area contributed by atoms with Crippen LogP contribution in [0.3, 0.4) is 0 Å². The van der Waals surface area contributed by atoms with Gasteiger partial charge in [-0.05, 0) is 56.2 Å². The SMILES string of the molecule is COc1ccc(OC)c(NC(=O)[C@@H](C)Oc2cc(C)cc(C)c2)c1. The molecule has 5 heteroatoms. The van der Waals surface area contributed by atoms with Crippen LogP contribution >= 0.6 is 0 Å². The lowest BCUT2D eigenvalue weighted by atomic mass is 10.1. The number of anilines is 1. The van der Waals surface area contributed by atoms with Crippen molar-refractivity contribution in [3.63, 3.8) is 0 Å². The van der Waals surface area contributed by atoms with Gasteiger partial charge >= 0.3 is 0 Å². The third kappa shape index (κ3) is 4.41. The predicted molar refractivity (Wildman–Crippen MR) is 94.2 cm³/mol. The molecule has 0 spiro atoms. The average molecular weight is 329 g/mol. The van der Waals surface area contributed by atoms with E-state index < -0.39 is 6.10 Å². The molecule has 0 fully saturated rings. The first-order valence-corrected chi connectivity index (χ1v) is 7.70. The van der Waals surface area contributed by atoms with Gasteiger partial charge in [-0.2, -0.15) is 0 Å². The highest BCUT2D eigenvalue weighted by atomic mass is 16.5. The number of nitrogens with one attached hydrogen (secondary N) is 1. The lowest BCUT2D eigenvalue weighted by Gasteiger charge is -2.17. The Bertz CT molecular complexity index is 707. The van der Waals surface area contributed by atoms with Gasteiger partial charge in [0.15, 0.2) is 6.10 Å². The fraction of sp³-hybridized carbons (Fsp3) is 0.316. The zero-order valence-electron chi connectivity index (χ0n) is 14.7. The van der Waals surface area contributed by atoms with E-state index in [4.69, 9.17) is 14.2 Å². The number of rotatable bonds is 6. The van der Waals surface area contributed by atoms with E-state index in [-0.39, 0.29) is 5.91 Å². The highest BCUT2D eigenvalue weighted by molar-refractivity contribution is 5.95. The number of carbonyl (C=O) groups is 1. The molecule has 0 aliphatic carbocycles. The first-order chi connectivity index (χ1) is 11.4. The second kappa shape index (κ2) is 7.73. The fourth-order valence-corrected chi connectivity index (χ4v) is 2.40. The van der Waals surface area contributed by atoms with E-state index in [1.54, 1.807) is 39.3 Å². The smallest absolute Gasteiger partial charge is 0.265 e. The average Bonchev–Trinajstić information content (AvgIpc) is 2.53. The summed E-state index contributed by atoms with van der Waals surface area (Å²) in [6.07, 6.45) is -0.651. The van der Waals surface area contributed by atoms with Crippen molar-refractivity contribution in [1.82, 2.24) is 0 Å². The molecule has 0 aliphatic heterocycles. The Morgan fingerprint density at radius 1 is 0.958 bits per heavy atom. The number of aryl methyl sites for hydroxylation is 2. The van der Waals surface area contributed by atoms with Gasteiger partial charge in [0.2, 0.25) is 0 Å². The lowest BCUT2D eigenvalue weighted by Crippen LogP contribution is -2.30. The van der Waals surface area contributed by atoms with Gasteiger partial charge in [-0.15, -0.1) is 0 Å². The number of amides is 1. The largest absolute Gasteiger partial charge is 0.497 e. The van der Waals surface area contributed by atoms with E-state index in [1.807, 2.05) is 26.0 Å². The highest BCUT2D eigenvalue weighted by Crippen LogP contribution is 2.29. The Labute approximate surface area is 142 Å². The summed E-state index contributed by atoms with van der Waals surface area (Å²) in [5.74, 6) is 1.60. The molecule has 0 heterocycles. The lowest BCUT2D eigenvalue weighted by molar-refractivity contribution is -0.122. The minimum Gasteiger partial charge on any atom is -0.497 e. The summed E-state index contributed by atoms with van der Waals surface area (Å²) in [5.41, 5.74) is 2.72. The summed E-state index contributed by atoms with van der Waals surface area (Å²) < 4.78 is 16.2. The molecule has 1 N–H and O–H groups in total. The maximum absolute atomic E-state index is 12.4. The maximum Gasteiger partial charge on any atom is 0.265 e. The molecule has 2 aromatic carbocycles. The van der Waals surface area contributed by atoms with Crippen LogP contribution < -0.4 is 19.5 Å². The molecule has 24 heavy (non-hydrogen) atoms. The van der Waals surface area contributed by atoms with Crippen molar-refractivity contribution in [2.45, 2.75) is 26.9 Å². The summed E-state index contributed by atoms with van der Waals surface area (Å²) in [6, 6.07) is 11.1. The van der Waals surface area contributed by atoms with Gasteiger partial charge in [0.05, 0.1) is 19.9 Å². The Morgan fingerprint density at radius 2 is 1.62 bits per heavy atom. The summed E-state index contributed by atoms with van der Waals surface area (Å²) >= 11 is 0. The van der Waals surface area contributed by atoms with Crippen LogP contribution in [0.15, 0.2) is 36.4 Å².